The van der Waals surface area contributed by atoms with Gasteiger partial charge in [0.05, 0.1) is 4.90 Å². The molecule has 0 saturated heterocycles. The number of rotatable bonds is 4. The van der Waals surface area contributed by atoms with Gasteiger partial charge in [-0.3, -0.25) is 4.79 Å². The molecular weight excluding hydrogens is 300 g/mol. The standard InChI is InChI=1S/C16H18N2O3S/c1-11-3-5-13(6-4-11)10-18-16(19)14-7-12(2)8-15(9-14)22(17,20)21/h3-9H,10H2,1-2H3,(H,18,19)(H2,17,20,21). The molecule has 0 bridgehead atoms. The molecule has 3 N–H and O–H groups in total. The van der Waals surface area contributed by atoms with Crippen LogP contribution >= 0.6 is 0 Å². The van der Waals surface area contributed by atoms with Crippen LogP contribution in [0.5, 0.6) is 0 Å². The van der Waals surface area contributed by atoms with Crippen LogP contribution in [0.2, 0.25) is 0 Å². The number of carbonyl (C=O) groups is 1. The smallest absolute Gasteiger partial charge is 0.251 e. The zero-order valence-corrected chi connectivity index (χ0v) is 13.3. The Bertz CT molecular complexity index is 797. The molecule has 1 amide bonds. The number of nitrogens with one attached hydrogen (secondary N) is 1. The fourth-order valence-corrected chi connectivity index (χ4v) is 2.68. The van der Waals surface area contributed by atoms with Gasteiger partial charge in [0.25, 0.3) is 5.91 Å². The van der Waals surface area contributed by atoms with Gasteiger partial charge in [0.1, 0.15) is 0 Å². The van der Waals surface area contributed by atoms with Crippen LogP contribution in [0.15, 0.2) is 47.4 Å². The Balaban J connectivity index is 2.16. The fourth-order valence-electron chi connectivity index (χ4n) is 2.03. The van der Waals surface area contributed by atoms with Crippen LogP contribution in [0.4, 0.5) is 0 Å². The number of benzene rings is 2. The predicted molar refractivity (Wildman–Crippen MR) is 84.9 cm³/mol. The van der Waals surface area contributed by atoms with Crippen LogP contribution in [0.25, 0.3) is 0 Å². The number of aryl methyl sites for hydroxylation is 2. The van der Waals surface area contributed by atoms with Crippen molar-refractivity contribution in [2.45, 2.75) is 25.3 Å². The van der Waals surface area contributed by atoms with Crippen LogP contribution in [-0.2, 0) is 16.6 Å². The lowest BCUT2D eigenvalue weighted by Gasteiger charge is -2.08. The van der Waals surface area contributed by atoms with E-state index >= 15 is 0 Å². The first-order chi connectivity index (χ1) is 10.3. The van der Waals surface area contributed by atoms with Crippen molar-refractivity contribution in [2.75, 3.05) is 0 Å². The Labute approximate surface area is 130 Å². The van der Waals surface area contributed by atoms with Crippen LogP contribution < -0.4 is 10.5 Å². The lowest BCUT2D eigenvalue weighted by molar-refractivity contribution is 0.0950. The second-order valence-corrected chi connectivity index (χ2v) is 6.81. The average Bonchev–Trinajstić information content (AvgIpc) is 2.45. The van der Waals surface area contributed by atoms with E-state index < -0.39 is 10.0 Å². The van der Waals surface area contributed by atoms with E-state index in [4.69, 9.17) is 5.14 Å². The quantitative estimate of drug-likeness (QED) is 0.902. The Morgan fingerprint density at radius 3 is 2.27 bits per heavy atom. The van der Waals surface area contributed by atoms with E-state index in [-0.39, 0.29) is 16.4 Å². The number of carbonyl (C=O) groups excluding carboxylic acids is 1. The molecule has 6 heteroatoms. The van der Waals surface area contributed by atoms with Gasteiger partial charge in [0, 0.05) is 12.1 Å². The highest BCUT2D eigenvalue weighted by Crippen LogP contribution is 2.14. The molecule has 0 aromatic heterocycles. The topological polar surface area (TPSA) is 89.3 Å². The fraction of sp³-hybridized carbons (Fsp3) is 0.188. The highest BCUT2D eigenvalue weighted by atomic mass is 32.2. The number of hydrogen-bond donors (Lipinski definition) is 2. The molecule has 0 aliphatic carbocycles. The van der Waals surface area contributed by atoms with Gasteiger partial charge in [-0.1, -0.05) is 29.8 Å². The Kier molecular flexibility index (Phi) is 4.63. The zero-order chi connectivity index (χ0) is 16.3. The zero-order valence-electron chi connectivity index (χ0n) is 12.5. The molecule has 0 saturated carbocycles. The lowest BCUT2D eigenvalue weighted by Crippen LogP contribution is -2.23. The molecule has 2 rings (SSSR count). The molecule has 22 heavy (non-hydrogen) atoms. The van der Waals surface area contributed by atoms with E-state index in [2.05, 4.69) is 5.32 Å². The Hall–Kier alpha value is -2.18. The molecule has 0 aliphatic heterocycles. The minimum atomic E-state index is -3.83. The lowest BCUT2D eigenvalue weighted by atomic mass is 10.1. The van der Waals surface area contributed by atoms with E-state index in [0.29, 0.717) is 12.1 Å². The molecule has 0 aliphatic rings. The summed E-state index contributed by atoms with van der Waals surface area (Å²) in [5, 5.41) is 7.88. The van der Waals surface area contributed by atoms with Gasteiger partial charge in [-0.2, -0.15) is 0 Å². The van der Waals surface area contributed by atoms with Gasteiger partial charge in [-0.25, -0.2) is 13.6 Å². The molecule has 0 radical (unpaired) electrons. The van der Waals surface area contributed by atoms with Gasteiger partial charge in [-0.05, 0) is 43.2 Å². The van der Waals surface area contributed by atoms with Crippen molar-refractivity contribution in [3.05, 3.63) is 64.7 Å². The summed E-state index contributed by atoms with van der Waals surface area (Å²) in [6.07, 6.45) is 0. The average molecular weight is 318 g/mol. The van der Waals surface area contributed by atoms with E-state index in [1.807, 2.05) is 31.2 Å². The molecule has 0 spiro atoms. The number of primary sulfonamides is 1. The summed E-state index contributed by atoms with van der Waals surface area (Å²) in [5.74, 6) is -0.339. The van der Waals surface area contributed by atoms with Crippen molar-refractivity contribution < 1.29 is 13.2 Å². The third kappa shape index (κ3) is 4.16. The molecule has 116 valence electrons. The van der Waals surface area contributed by atoms with Gasteiger partial charge < -0.3 is 5.32 Å². The third-order valence-electron chi connectivity index (χ3n) is 3.22. The minimum Gasteiger partial charge on any atom is -0.348 e. The highest BCUT2D eigenvalue weighted by molar-refractivity contribution is 7.89. The third-order valence-corrected chi connectivity index (χ3v) is 4.11. The van der Waals surface area contributed by atoms with E-state index in [0.717, 1.165) is 11.1 Å². The largest absolute Gasteiger partial charge is 0.348 e. The summed E-state index contributed by atoms with van der Waals surface area (Å²) < 4.78 is 22.8. The maximum Gasteiger partial charge on any atom is 0.251 e. The van der Waals surface area contributed by atoms with Crippen LogP contribution in [0, 0.1) is 13.8 Å². The summed E-state index contributed by atoms with van der Waals surface area (Å²) in [4.78, 5) is 12.1. The Morgan fingerprint density at radius 1 is 1.05 bits per heavy atom. The van der Waals surface area contributed by atoms with Crippen molar-refractivity contribution in [2.24, 2.45) is 5.14 Å². The first-order valence-corrected chi connectivity index (χ1v) is 8.28. The van der Waals surface area contributed by atoms with Crippen molar-refractivity contribution in [3.8, 4) is 0 Å². The second-order valence-electron chi connectivity index (χ2n) is 5.25. The molecular formula is C16H18N2O3S. The first-order valence-electron chi connectivity index (χ1n) is 6.74. The monoisotopic (exact) mass is 318 g/mol. The van der Waals surface area contributed by atoms with Crippen molar-refractivity contribution in [1.29, 1.82) is 0 Å². The van der Waals surface area contributed by atoms with Crippen molar-refractivity contribution in [1.82, 2.24) is 5.32 Å². The van der Waals surface area contributed by atoms with Crippen LogP contribution in [0.1, 0.15) is 27.0 Å². The van der Waals surface area contributed by atoms with Gasteiger partial charge in [0.15, 0.2) is 0 Å². The van der Waals surface area contributed by atoms with Gasteiger partial charge in [0.2, 0.25) is 10.0 Å². The molecule has 2 aromatic rings. The Morgan fingerprint density at radius 2 is 1.68 bits per heavy atom. The summed E-state index contributed by atoms with van der Waals surface area (Å²) in [7, 11) is -3.83. The first kappa shape index (κ1) is 16.2. The molecule has 0 fully saturated rings. The summed E-state index contributed by atoms with van der Waals surface area (Å²) in [5.41, 5.74) is 3.05. The van der Waals surface area contributed by atoms with Crippen LogP contribution in [0.3, 0.4) is 0 Å². The summed E-state index contributed by atoms with van der Waals surface area (Å²) >= 11 is 0. The molecule has 5 nitrogen and oxygen atoms in total. The number of amides is 1. The SMILES string of the molecule is Cc1ccc(CNC(=O)c2cc(C)cc(S(N)(=O)=O)c2)cc1. The summed E-state index contributed by atoms with van der Waals surface area (Å²) in [6.45, 7) is 4.08. The second kappa shape index (κ2) is 6.29. The highest BCUT2D eigenvalue weighted by Gasteiger charge is 2.13. The molecule has 0 atom stereocenters. The van der Waals surface area contributed by atoms with Gasteiger partial charge >= 0.3 is 0 Å². The molecule has 0 heterocycles. The number of sulfonamides is 1. The normalized spacial score (nSPS) is 11.2. The summed E-state index contributed by atoms with van der Waals surface area (Å²) in [6, 6.07) is 12.1. The minimum absolute atomic E-state index is 0.0621. The van der Waals surface area contributed by atoms with E-state index in [1.54, 1.807) is 13.0 Å². The van der Waals surface area contributed by atoms with Gasteiger partial charge in [-0.15, -0.1) is 0 Å². The van der Waals surface area contributed by atoms with Crippen molar-refractivity contribution >= 4 is 15.9 Å². The maximum absolute atomic E-state index is 12.2. The van der Waals surface area contributed by atoms with E-state index in [9.17, 15) is 13.2 Å². The van der Waals surface area contributed by atoms with Crippen LogP contribution in [-0.4, -0.2) is 14.3 Å². The number of hydrogen-bond acceptors (Lipinski definition) is 3. The van der Waals surface area contributed by atoms with Crippen molar-refractivity contribution in [3.63, 3.8) is 0 Å². The maximum atomic E-state index is 12.2. The number of nitrogens with two attached hydrogens (primary N) is 1. The van der Waals surface area contributed by atoms with E-state index in [1.165, 1.54) is 12.1 Å². The predicted octanol–water partition coefficient (Wildman–Crippen LogP) is 1.88. The molecule has 0 unspecified atom stereocenters. The molecule has 2 aromatic carbocycles.